The number of nitrogens with zero attached hydrogens (tertiary/aromatic N) is 1. The number of rotatable bonds is 5. The molecule has 1 aromatic carbocycles. The van der Waals surface area contributed by atoms with Gasteiger partial charge in [-0.25, -0.2) is 0 Å². The van der Waals surface area contributed by atoms with E-state index >= 15 is 0 Å². The topological polar surface area (TPSA) is 32.3 Å². The molecule has 0 aliphatic carbocycles. The van der Waals surface area contributed by atoms with Crippen molar-refractivity contribution in [1.29, 1.82) is 0 Å². The van der Waals surface area contributed by atoms with Crippen molar-refractivity contribution in [2.75, 3.05) is 31.9 Å². The van der Waals surface area contributed by atoms with Gasteiger partial charge in [-0.05, 0) is 12.5 Å². The number of nitrogens with one attached hydrogen (secondary N) is 1. The zero-order valence-corrected chi connectivity index (χ0v) is 12.3. The fourth-order valence-corrected chi connectivity index (χ4v) is 3.10. The van der Waals surface area contributed by atoms with Crippen LogP contribution in [-0.4, -0.2) is 42.7 Å². The third-order valence-electron chi connectivity index (χ3n) is 3.28. The van der Waals surface area contributed by atoms with E-state index in [0.29, 0.717) is 12.3 Å². The van der Waals surface area contributed by atoms with Crippen LogP contribution in [0.25, 0.3) is 0 Å². The first-order valence-corrected chi connectivity index (χ1v) is 8.03. The Labute approximate surface area is 119 Å². The van der Waals surface area contributed by atoms with E-state index < -0.39 is 0 Å². The maximum atomic E-state index is 11.9. The maximum absolute atomic E-state index is 11.9. The minimum Gasteiger partial charge on any atom is -0.340 e. The van der Waals surface area contributed by atoms with Gasteiger partial charge in [-0.2, -0.15) is 11.8 Å². The lowest BCUT2D eigenvalue weighted by Crippen LogP contribution is -2.46. The predicted molar refractivity (Wildman–Crippen MR) is 81.4 cm³/mol. The summed E-state index contributed by atoms with van der Waals surface area (Å²) in [5, 5.41) is 3.26. The highest BCUT2D eigenvalue weighted by molar-refractivity contribution is 7.98. The monoisotopic (exact) mass is 278 g/mol. The van der Waals surface area contributed by atoms with Gasteiger partial charge in [0.2, 0.25) is 5.91 Å². The molecule has 4 heteroatoms. The minimum absolute atomic E-state index is 0.304. The predicted octanol–water partition coefficient (Wildman–Crippen LogP) is 2.05. The van der Waals surface area contributed by atoms with Crippen molar-refractivity contribution in [3.8, 4) is 0 Å². The summed E-state index contributed by atoms with van der Waals surface area (Å²) in [7, 11) is 0. The summed E-state index contributed by atoms with van der Waals surface area (Å²) in [6, 6.07) is 8.57. The van der Waals surface area contributed by atoms with Gasteiger partial charge in [-0.1, -0.05) is 29.8 Å². The number of benzene rings is 1. The Balaban J connectivity index is 1.65. The summed E-state index contributed by atoms with van der Waals surface area (Å²) >= 11 is 1.84. The van der Waals surface area contributed by atoms with E-state index in [1.807, 2.05) is 16.7 Å². The van der Waals surface area contributed by atoms with Crippen LogP contribution in [0.15, 0.2) is 24.3 Å². The molecule has 0 bridgehead atoms. The van der Waals surface area contributed by atoms with Crippen LogP contribution in [0.2, 0.25) is 0 Å². The number of hydrogen-bond acceptors (Lipinski definition) is 3. The molecule has 3 nitrogen and oxygen atoms in total. The van der Waals surface area contributed by atoms with E-state index in [4.69, 9.17) is 0 Å². The molecule has 104 valence electrons. The highest BCUT2D eigenvalue weighted by atomic mass is 32.2. The Bertz CT molecular complexity index is 416. The lowest BCUT2D eigenvalue weighted by molar-refractivity contribution is -0.131. The van der Waals surface area contributed by atoms with Crippen molar-refractivity contribution in [2.24, 2.45) is 0 Å². The van der Waals surface area contributed by atoms with Crippen molar-refractivity contribution in [1.82, 2.24) is 10.2 Å². The van der Waals surface area contributed by atoms with Crippen LogP contribution in [0.5, 0.6) is 0 Å². The van der Waals surface area contributed by atoms with E-state index in [0.717, 1.165) is 37.7 Å². The number of amides is 1. The van der Waals surface area contributed by atoms with Crippen molar-refractivity contribution in [3.05, 3.63) is 35.4 Å². The number of thioether (sulfide) groups is 1. The van der Waals surface area contributed by atoms with Crippen LogP contribution in [0.4, 0.5) is 0 Å². The average molecular weight is 278 g/mol. The lowest BCUT2D eigenvalue weighted by Gasteiger charge is -2.27. The van der Waals surface area contributed by atoms with Gasteiger partial charge >= 0.3 is 0 Å². The Hall–Kier alpha value is -1.00. The quantitative estimate of drug-likeness (QED) is 0.837. The number of carbonyl (C=O) groups is 1. The lowest BCUT2D eigenvalue weighted by atomic mass is 10.2. The van der Waals surface area contributed by atoms with Gasteiger partial charge in [0.1, 0.15) is 0 Å². The zero-order chi connectivity index (χ0) is 13.5. The van der Waals surface area contributed by atoms with Gasteiger partial charge in [-0.3, -0.25) is 4.79 Å². The summed E-state index contributed by atoms with van der Waals surface area (Å²) in [5.41, 5.74) is 2.65. The SMILES string of the molecule is Cc1cccc(CSCCC(=O)N2CCNCC2)c1. The Morgan fingerprint density at radius 2 is 2.16 bits per heavy atom. The van der Waals surface area contributed by atoms with Gasteiger partial charge in [0, 0.05) is 44.1 Å². The van der Waals surface area contributed by atoms with Gasteiger partial charge < -0.3 is 10.2 Å². The Morgan fingerprint density at radius 1 is 1.37 bits per heavy atom. The molecule has 0 spiro atoms. The van der Waals surface area contributed by atoms with Crippen LogP contribution < -0.4 is 5.32 Å². The van der Waals surface area contributed by atoms with Crippen LogP contribution in [0.1, 0.15) is 17.5 Å². The second-order valence-corrected chi connectivity index (χ2v) is 6.03. The molecule has 1 N–H and O–H groups in total. The van der Waals surface area contributed by atoms with Crippen LogP contribution >= 0.6 is 11.8 Å². The minimum atomic E-state index is 0.304. The smallest absolute Gasteiger partial charge is 0.223 e. The second-order valence-electron chi connectivity index (χ2n) is 4.92. The van der Waals surface area contributed by atoms with Gasteiger partial charge in [-0.15, -0.1) is 0 Å². The molecule has 1 amide bonds. The molecule has 0 radical (unpaired) electrons. The van der Waals surface area contributed by atoms with Crippen LogP contribution in [-0.2, 0) is 10.5 Å². The Kier molecular flexibility index (Phi) is 5.73. The zero-order valence-electron chi connectivity index (χ0n) is 11.5. The van der Waals surface area contributed by atoms with Gasteiger partial charge in [0.15, 0.2) is 0 Å². The van der Waals surface area contributed by atoms with Crippen LogP contribution in [0, 0.1) is 6.92 Å². The molecular weight excluding hydrogens is 256 g/mol. The molecule has 0 atom stereocenters. The molecule has 0 aromatic heterocycles. The van der Waals surface area contributed by atoms with Crippen molar-refractivity contribution >= 4 is 17.7 Å². The summed E-state index contributed by atoms with van der Waals surface area (Å²) in [6.07, 6.45) is 0.663. The van der Waals surface area contributed by atoms with Crippen molar-refractivity contribution < 1.29 is 4.79 Å². The summed E-state index contributed by atoms with van der Waals surface area (Å²) in [6.45, 7) is 5.70. The fraction of sp³-hybridized carbons (Fsp3) is 0.533. The van der Waals surface area contributed by atoms with Gasteiger partial charge in [0.05, 0.1) is 0 Å². The first-order chi connectivity index (χ1) is 9.25. The molecule has 1 aliphatic rings. The molecule has 0 unspecified atom stereocenters. The molecule has 1 aromatic rings. The summed E-state index contributed by atoms with van der Waals surface area (Å²) in [4.78, 5) is 13.9. The van der Waals surface area contributed by atoms with E-state index in [1.54, 1.807) is 0 Å². The molecule has 1 heterocycles. The van der Waals surface area contributed by atoms with E-state index in [1.165, 1.54) is 11.1 Å². The fourth-order valence-electron chi connectivity index (χ4n) is 2.22. The first kappa shape index (κ1) is 14.4. The highest BCUT2D eigenvalue weighted by Gasteiger charge is 2.15. The normalized spacial score (nSPS) is 15.5. The summed E-state index contributed by atoms with van der Waals surface area (Å²) < 4.78 is 0. The average Bonchev–Trinajstić information content (AvgIpc) is 2.44. The number of aryl methyl sites for hydroxylation is 1. The number of carbonyl (C=O) groups excluding carboxylic acids is 1. The van der Waals surface area contributed by atoms with Gasteiger partial charge in [0.25, 0.3) is 0 Å². The first-order valence-electron chi connectivity index (χ1n) is 6.87. The van der Waals surface area contributed by atoms with E-state index in [9.17, 15) is 4.79 Å². The largest absolute Gasteiger partial charge is 0.340 e. The molecule has 1 fully saturated rings. The van der Waals surface area contributed by atoms with E-state index in [2.05, 4.69) is 36.5 Å². The van der Waals surface area contributed by atoms with E-state index in [-0.39, 0.29) is 0 Å². The third-order valence-corrected chi connectivity index (χ3v) is 4.31. The number of hydrogen-bond donors (Lipinski definition) is 1. The highest BCUT2D eigenvalue weighted by Crippen LogP contribution is 2.14. The Morgan fingerprint density at radius 3 is 2.89 bits per heavy atom. The summed E-state index contributed by atoms with van der Waals surface area (Å²) in [5.74, 6) is 2.21. The molecule has 2 rings (SSSR count). The third kappa shape index (κ3) is 4.88. The molecule has 19 heavy (non-hydrogen) atoms. The number of piperazine rings is 1. The van der Waals surface area contributed by atoms with Crippen LogP contribution in [0.3, 0.4) is 0 Å². The second kappa shape index (κ2) is 7.56. The molecule has 1 saturated heterocycles. The molecular formula is C15H22N2OS. The maximum Gasteiger partial charge on any atom is 0.223 e. The standard InChI is InChI=1S/C15H22N2OS/c1-13-3-2-4-14(11-13)12-19-10-5-15(18)17-8-6-16-7-9-17/h2-4,11,16H,5-10,12H2,1H3. The van der Waals surface area contributed by atoms with Crippen molar-refractivity contribution in [3.63, 3.8) is 0 Å². The molecule has 1 aliphatic heterocycles. The molecule has 0 saturated carbocycles. The van der Waals surface area contributed by atoms with Crippen molar-refractivity contribution in [2.45, 2.75) is 19.1 Å².